The average molecular weight is 232 g/mol. The van der Waals surface area contributed by atoms with Crippen molar-refractivity contribution in [2.24, 2.45) is 5.92 Å². The maximum Gasteiger partial charge on any atom is 0.423 e. The zero-order chi connectivity index (χ0) is 11.8. The van der Waals surface area contributed by atoms with E-state index in [0.29, 0.717) is 5.92 Å². The summed E-state index contributed by atoms with van der Waals surface area (Å²) in [6.07, 6.45) is -2.59. The van der Waals surface area contributed by atoms with Crippen molar-refractivity contribution >= 4 is 0 Å². The molecule has 0 aromatic heterocycles. The Morgan fingerprint density at radius 3 is 2.56 bits per heavy atom. The highest BCUT2D eigenvalue weighted by molar-refractivity contribution is 5.45. The molecule has 0 saturated heterocycles. The van der Waals surface area contributed by atoms with Crippen LogP contribution in [-0.2, 0) is 6.18 Å². The molecule has 0 radical (unpaired) electrons. The summed E-state index contributed by atoms with van der Waals surface area (Å²) in [7, 11) is 0. The van der Waals surface area contributed by atoms with Crippen LogP contribution in [0.4, 0.5) is 13.2 Å². The first-order valence-corrected chi connectivity index (χ1v) is 5.00. The lowest BCUT2D eigenvalue weighted by Crippen LogP contribution is -2.10. The third kappa shape index (κ3) is 2.40. The Labute approximate surface area is 90.7 Å². The van der Waals surface area contributed by atoms with E-state index in [-0.39, 0.29) is 12.4 Å². The molecule has 0 aliphatic heterocycles. The number of halogens is 3. The number of phenols is 1. The van der Waals surface area contributed by atoms with E-state index in [1.807, 2.05) is 0 Å². The summed E-state index contributed by atoms with van der Waals surface area (Å²) in [5.41, 5.74) is -1.09. The predicted octanol–water partition coefficient (Wildman–Crippen LogP) is 3.20. The van der Waals surface area contributed by atoms with Crippen molar-refractivity contribution in [2.45, 2.75) is 19.0 Å². The normalized spacial score (nSPS) is 16.2. The average Bonchev–Trinajstić information content (AvgIpc) is 2.95. The molecule has 0 atom stereocenters. The molecule has 2 nitrogen and oxygen atoms in total. The fraction of sp³-hybridized carbons (Fsp3) is 0.455. The summed E-state index contributed by atoms with van der Waals surface area (Å²) in [4.78, 5) is 0. The van der Waals surface area contributed by atoms with Crippen LogP contribution >= 0.6 is 0 Å². The second-order valence-corrected chi connectivity index (χ2v) is 3.90. The quantitative estimate of drug-likeness (QED) is 0.867. The Hall–Kier alpha value is -1.39. The smallest absolute Gasteiger partial charge is 0.423 e. The van der Waals surface area contributed by atoms with Crippen LogP contribution in [0, 0.1) is 5.92 Å². The van der Waals surface area contributed by atoms with Gasteiger partial charge in [-0.2, -0.15) is 13.2 Å². The largest absolute Gasteiger partial charge is 0.507 e. The van der Waals surface area contributed by atoms with Crippen molar-refractivity contribution in [2.75, 3.05) is 6.61 Å². The molecule has 0 amide bonds. The third-order valence-corrected chi connectivity index (χ3v) is 2.46. The number of hydrogen-bond donors (Lipinski definition) is 1. The van der Waals surface area contributed by atoms with Crippen molar-refractivity contribution in [3.63, 3.8) is 0 Å². The molecule has 5 heteroatoms. The summed E-state index contributed by atoms with van der Waals surface area (Å²) < 4.78 is 42.9. The van der Waals surface area contributed by atoms with Crippen LogP contribution in [0.15, 0.2) is 18.2 Å². The number of hydrogen-bond acceptors (Lipinski definition) is 2. The van der Waals surface area contributed by atoms with Crippen LogP contribution in [0.2, 0.25) is 0 Å². The first-order chi connectivity index (χ1) is 7.48. The van der Waals surface area contributed by atoms with Gasteiger partial charge in [-0.3, -0.25) is 0 Å². The summed E-state index contributed by atoms with van der Waals surface area (Å²) in [6.45, 7) is 0.284. The number of aromatic hydroxyl groups is 1. The van der Waals surface area contributed by atoms with E-state index in [0.717, 1.165) is 18.9 Å². The Balaban J connectivity index is 2.24. The minimum absolute atomic E-state index is 0.284. The van der Waals surface area contributed by atoms with E-state index in [1.54, 1.807) is 0 Å². The fourth-order valence-electron chi connectivity index (χ4n) is 1.42. The van der Waals surface area contributed by atoms with Crippen LogP contribution in [0.3, 0.4) is 0 Å². The van der Waals surface area contributed by atoms with Crippen LogP contribution in [-0.4, -0.2) is 11.7 Å². The minimum atomic E-state index is -4.59. The lowest BCUT2D eigenvalue weighted by molar-refractivity contribution is -0.140. The molecule has 1 aliphatic rings. The number of alkyl halides is 3. The van der Waals surface area contributed by atoms with Crippen LogP contribution in [0.1, 0.15) is 18.4 Å². The SMILES string of the molecule is Oc1cccc(OCC2CC2)c1C(F)(F)F. The molecule has 0 unspecified atom stereocenters. The van der Waals surface area contributed by atoms with Gasteiger partial charge in [-0.05, 0) is 30.9 Å². The van der Waals surface area contributed by atoms with Crippen molar-refractivity contribution in [3.05, 3.63) is 23.8 Å². The number of rotatable bonds is 3. The lowest BCUT2D eigenvalue weighted by atomic mass is 10.1. The molecule has 88 valence electrons. The fourth-order valence-corrected chi connectivity index (χ4v) is 1.42. The van der Waals surface area contributed by atoms with E-state index in [1.165, 1.54) is 12.1 Å². The van der Waals surface area contributed by atoms with Crippen LogP contribution < -0.4 is 4.74 Å². The molecular weight excluding hydrogens is 221 g/mol. The first-order valence-electron chi connectivity index (χ1n) is 5.00. The molecule has 16 heavy (non-hydrogen) atoms. The van der Waals surface area contributed by atoms with Gasteiger partial charge in [0.25, 0.3) is 0 Å². The second-order valence-electron chi connectivity index (χ2n) is 3.90. The van der Waals surface area contributed by atoms with Gasteiger partial charge in [-0.15, -0.1) is 0 Å². The lowest BCUT2D eigenvalue weighted by Gasteiger charge is -2.14. The molecule has 0 spiro atoms. The Kier molecular flexibility index (Phi) is 2.69. The monoisotopic (exact) mass is 232 g/mol. The van der Waals surface area contributed by atoms with Crippen molar-refractivity contribution in [1.82, 2.24) is 0 Å². The highest BCUT2D eigenvalue weighted by atomic mass is 19.4. The zero-order valence-electron chi connectivity index (χ0n) is 8.42. The summed E-state index contributed by atoms with van der Waals surface area (Å²) >= 11 is 0. The maximum atomic E-state index is 12.6. The van der Waals surface area contributed by atoms with E-state index in [9.17, 15) is 18.3 Å². The molecule has 1 N–H and O–H groups in total. The van der Waals surface area contributed by atoms with Gasteiger partial charge < -0.3 is 9.84 Å². The van der Waals surface area contributed by atoms with Gasteiger partial charge in [0.15, 0.2) is 0 Å². The minimum Gasteiger partial charge on any atom is -0.507 e. The van der Waals surface area contributed by atoms with E-state index in [4.69, 9.17) is 4.74 Å². The number of phenolic OH excluding ortho intramolecular Hbond substituents is 1. The molecule has 2 rings (SSSR count). The van der Waals surface area contributed by atoms with E-state index in [2.05, 4.69) is 0 Å². The van der Waals surface area contributed by atoms with E-state index >= 15 is 0 Å². The second kappa shape index (κ2) is 3.88. The first kappa shape index (κ1) is 11.1. The summed E-state index contributed by atoms with van der Waals surface area (Å²) in [5, 5.41) is 9.21. The maximum absolute atomic E-state index is 12.6. The van der Waals surface area contributed by atoms with Crippen LogP contribution in [0.5, 0.6) is 11.5 Å². The zero-order valence-corrected chi connectivity index (χ0v) is 8.42. The molecule has 1 aromatic rings. The standard InChI is InChI=1S/C11H11F3O2/c12-11(13,14)10-8(15)2-1-3-9(10)16-6-7-4-5-7/h1-3,7,15H,4-6H2. The Bertz CT molecular complexity index is 383. The molecule has 1 aromatic carbocycles. The van der Waals surface area contributed by atoms with Gasteiger partial charge in [-0.25, -0.2) is 0 Å². The highest BCUT2D eigenvalue weighted by Gasteiger charge is 2.38. The van der Waals surface area contributed by atoms with Gasteiger partial charge in [0.05, 0.1) is 6.61 Å². The third-order valence-electron chi connectivity index (χ3n) is 2.46. The molecule has 1 fully saturated rings. The highest BCUT2D eigenvalue weighted by Crippen LogP contribution is 2.42. The Morgan fingerprint density at radius 1 is 1.31 bits per heavy atom. The van der Waals surface area contributed by atoms with Crippen molar-refractivity contribution in [1.29, 1.82) is 0 Å². The molecule has 0 heterocycles. The molecule has 0 bridgehead atoms. The molecule has 1 aliphatic carbocycles. The van der Waals surface area contributed by atoms with Crippen LogP contribution in [0.25, 0.3) is 0 Å². The number of benzene rings is 1. The molecule has 1 saturated carbocycles. The van der Waals surface area contributed by atoms with Crippen molar-refractivity contribution in [3.8, 4) is 11.5 Å². The van der Waals surface area contributed by atoms with Gasteiger partial charge in [-0.1, -0.05) is 6.07 Å². The molecular formula is C11H11F3O2. The van der Waals surface area contributed by atoms with Gasteiger partial charge >= 0.3 is 6.18 Å². The Morgan fingerprint density at radius 2 is 2.00 bits per heavy atom. The van der Waals surface area contributed by atoms with Gasteiger partial charge in [0, 0.05) is 0 Å². The number of ether oxygens (including phenoxy) is 1. The van der Waals surface area contributed by atoms with Gasteiger partial charge in [0.2, 0.25) is 0 Å². The topological polar surface area (TPSA) is 29.5 Å². The summed E-state index contributed by atoms with van der Waals surface area (Å²) in [5.74, 6) is -0.719. The predicted molar refractivity (Wildman–Crippen MR) is 51.3 cm³/mol. The van der Waals surface area contributed by atoms with Gasteiger partial charge in [0.1, 0.15) is 17.1 Å². The van der Waals surface area contributed by atoms with Crippen molar-refractivity contribution < 1.29 is 23.0 Å². The summed E-state index contributed by atoms with van der Waals surface area (Å²) in [6, 6.07) is 3.57. The van der Waals surface area contributed by atoms with E-state index < -0.39 is 17.5 Å².